The summed E-state index contributed by atoms with van der Waals surface area (Å²) in [7, 11) is 3.93. The molecule has 0 saturated heterocycles. The number of hydrogen-bond donors (Lipinski definition) is 4. The minimum absolute atomic E-state index is 0.180. The second-order valence-corrected chi connectivity index (χ2v) is 10.6. The zero-order valence-corrected chi connectivity index (χ0v) is 21.8. The van der Waals surface area contributed by atoms with Gasteiger partial charge in [-0.3, -0.25) is 10.6 Å². The molecule has 0 saturated carbocycles. The number of guanidine groups is 4. The van der Waals surface area contributed by atoms with Gasteiger partial charge in [0.25, 0.3) is 0 Å². The Morgan fingerprint density at radius 1 is 1.00 bits per heavy atom. The summed E-state index contributed by atoms with van der Waals surface area (Å²) in [4.78, 5) is 25.3. The molecule has 0 radical (unpaired) electrons. The SMILES string of the molecule is Cc1sccc1CN=C1NC(N)=NC(CN(Cc2ccsc2C)C2=NC(C)N=C(N(C)C)N2)N1. The van der Waals surface area contributed by atoms with Gasteiger partial charge in [0.1, 0.15) is 12.3 Å². The maximum atomic E-state index is 6.12. The molecule has 12 heteroatoms. The van der Waals surface area contributed by atoms with Crippen molar-refractivity contribution in [1.82, 2.24) is 25.8 Å². The van der Waals surface area contributed by atoms with Gasteiger partial charge in [-0.25, -0.2) is 20.0 Å². The normalized spacial score (nSPS) is 21.1. The van der Waals surface area contributed by atoms with E-state index in [-0.39, 0.29) is 12.3 Å². The number of aliphatic imine (C=N–C) groups is 4. The second-order valence-electron chi connectivity index (χ2n) is 8.41. The lowest BCUT2D eigenvalue weighted by Gasteiger charge is -2.34. The Hall–Kier alpha value is -3.12. The Kier molecular flexibility index (Phi) is 7.37. The predicted molar refractivity (Wildman–Crippen MR) is 142 cm³/mol. The molecule has 182 valence electrons. The molecule has 4 rings (SSSR count). The van der Waals surface area contributed by atoms with Gasteiger partial charge < -0.3 is 20.9 Å². The van der Waals surface area contributed by atoms with Crippen LogP contribution in [0.5, 0.6) is 0 Å². The van der Waals surface area contributed by atoms with Gasteiger partial charge in [-0.05, 0) is 54.8 Å². The average Bonchev–Trinajstić information content (AvgIpc) is 3.38. The van der Waals surface area contributed by atoms with Crippen LogP contribution in [0.3, 0.4) is 0 Å². The van der Waals surface area contributed by atoms with E-state index in [4.69, 9.17) is 15.7 Å². The van der Waals surface area contributed by atoms with Crippen molar-refractivity contribution in [3.63, 3.8) is 0 Å². The number of thiophene rings is 2. The third-order valence-corrected chi connectivity index (χ3v) is 7.28. The molecule has 5 N–H and O–H groups in total. The van der Waals surface area contributed by atoms with Crippen LogP contribution in [0.15, 0.2) is 42.9 Å². The highest BCUT2D eigenvalue weighted by Gasteiger charge is 2.26. The van der Waals surface area contributed by atoms with Gasteiger partial charge in [0, 0.05) is 30.4 Å². The van der Waals surface area contributed by atoms with Crippen molar-refractivity contribution in [2.75, 3.05) is 20.6 Å². The zero-order chi connectivity index (χ0) is 24.2. The monoisotopic (exact) mass is 500 g/mol. The number of aryl methyl sites for hydroxylation is 2. The maximum Gasteiger partial charge on any atom is 0.203 e. The van der Waals surface area contributed by atoms with Crippen molar-refractivity contribution in [2.24, 2.45) is 25.7 Å². The molecule has 2 aliphatic heterocycles. The minimum atomic E-state index is -0.288. The number of nitrogens with two attached hydrogens (primary N) is 1. The highest BCUT2D eigenvalue weighted by molar-refractivity contribution is 7.10. The van der Waals surface area contributed by atoms with Crippen molar-refractivity contribution in [3.8, 4) is 0 Å². The van der Waals surface area contributed by atoms with E-state index in [1.54, 1.807) is 22.7 Å². The Morgan fingerprint density at radius 2 is 1.68 bits per heavy atom. The quantitative estimate of drug-likeness (QED) is 0.481. The van der Waals surface area contributed by atoms with Gasteiger partial charge in [-0.1, -0.05) is 0 Å². The summed E-state index contributed by atoms with van der Waals surface area (Å²) in [5, 5.41) is 14.0. The van der Waals surface area contributed by atoms with Gasteiger partial charge in [0.05, 0.1) is 13.1 Å². The molecule has 10 nitrogen and oxygen atoms in total. The lowest BCUT2D eigenvalue weighted by atomic mass is 10.2. The molecular weight excluding hydrogens is 468 g/mol. The molecular formula is C22H32N10S2. The zero-order valence-electron chi connectivity index (χ0n) is 20.2. The lowest BCUT2D eigenvalue weighted by molar-refractivity contribution is 0.352. The van der Waals surface area contributed by atoms with Gasteiger partial charge in [0.15, 0.2) is 11.9 Å². The van der Waals surface area contributed by atoms with Gasteiger partial charge in [-0.2, -0.15) is 0 Å². The first-order chi connectivity index (χ1) is 16.3. The van der Waals surface area contributed by atoms with Crippen molar-refractivity contribution in [2.45, 2.75) is 46.2 Å². The molecule has 0 fully saturated rings. The van der Waals surface area contributed by atoms with Crippen LogP contribution in [0.1, 0.15) is 27.8 Å². The topological polar surface area (TPSA) is 118 Å². The van der Waals surface area contributed by atoms with Crippen molar-refractivity contribution < 1.29 is 0 Å². The first-order valence-electron chi connectivity index (χ1n) is 11.1. The number of nitrogens with one attached hydrogen (secondary N) is 3. The highest BCUT2D eigenvalue weighted by atomic mass is 32.1. The van der Waals surface area contributed by atoms with E-state index >= 15 is 0 Å². The van der Waals surface area contributed by atoms with Crippen LogP contribution in [-0.2, 0) is 13.1 Å². The Bertz CT molecular complexity index is 1130. The average molecular weight is 501 g/mol. The summed E-state index contributed by atoms with van der Waals surface area (Å²) >= 11 is 3.47. The van der Waals surface area contributed by atoms with Gasteiger partial charge >= 0.3 is 0 Å². The Balaban J connectivity index is 1.54. The van der Waals surface area contributed by atoms with Crippen molar-refractivity contribution in [1.29, 1.82) is 0 Å². The van der Waals surface area contributed by atoms with E-state index in [0.717, 1.165) is 11.9 Å². The fourth-order valence-corrected chi connectivity index (χ4v) is 5.05. The largest absolute Gasteiger partial charge is 0.370 e. The predicted octanol–water partition coefficient (Wildman–Crippen LogP) is 1.84. The number of nitrogens with zero attached hydrogens (tertiary/aromatic N) is 6. The molecule has 34 heavy (non-hydrogen) atoms. The van der Waals surface area contributed by atoms with Crippen molar-refractivity contribution >= 4 is 46.5 Å². The smallest absolute Gasteiger partial charge is 0.203 e. The minimum Gasteiger partial charge on any atom is -0.370 e. The number of hydrogen-bond acceptors (Lipinski definition) is 10. The van der Waals surface area contributed by atoms with Gasteiger partial charge in [0.2, 0.25) is 11.9 Å². The van der Waals surface area contributed by atoms with Crippen LogP contribution >= 0.6 is 22.7 Å². The molecule has 0 aromatic carbocycles. The van der Waals surface area contributed by atoms with E-state index in [9.17, 15) is 0 Å². The third-order valence-electron chi connectivity index (χ3n) is 5.50. The molecule has 2 atom stereocenters. The van der Waals surface area contributed by atoms with Gasteiger partial charge in [-0.15, -0.1) is 22.7 Å². The summed E-state index contributed by atoms with van der Waals surface area (Å²) < 4.78 is 0. The molecule has 2 aromatic heterocycles. The van der Waals surface area contributed by atoms with E-state index in [1.807, 2.05) is 25.9 Å². The Morgan fingerprint density at radius 3 is 2.32 bits per heavy atom. The molecule has 2 aliphatic rings. The van der Waals surface area contributed by atoms with E-state index < -0.39 is 0 Å². The van der Waals surface area contributed by atoms with Crippen LogP contribution in [0.25, 0.3) is 0 Å². The fraction of sp³-hybridized carbons (Fsp3) is 0.455. The van der Waals surface area contributed by atoms with Crippen LogP contribution in [0, 0.1) is 13.8 Å². The van der Waals surface area contributed by atoms with E-state index in [1.165, 1.54) is 20.9 Å². The highest BCUT2D eigenvalue weighted by Crippen LogP contribution is 2.19. The molecule has 0 amide bonds. The molecule has 2 aromatic rings. The van der Waals surface area contributed by atoms with Crippen molar-refractivity contribution in [3.05, 3.63) is 43.8 Å². The first-order valence-corrected chi connectivity index (χ1v) is 12.9. The first kappa shape index (κ1) is 24.0. The summed E-state index contributed by atoms with van der Waals surface area (Å²) in [6.07, 6.45) is -0.468. The van der Waals surface area contributed by atoms with E-state index in [0.29, 0.717) is 31.6 Å². The van der Waals surface area contributed by atoms with Crippen LogP contribution < -0.4 is 21.7 Å². The molecule has 4 heterocycles. The summed E-state index contributed by atoms with van der Waals surface area (Å²) in [6, 6.07) is 4.26. The molecule has 2 unspecified atom stereocenters. The molecule has 0 aliphatic carbocycles. The fourth-order valence-electron chi connectivity index (χ4n) is 3.61. The van der Waals surface area contributed by atoms with Crippen LogP contribution in [0.4, 0.5) is 0 Å². The summed E-state index contributed by atoms with van der Waals surface area (Å²) in [5.74, 6) is 2.51. The second kappa shape index (κ2) is 10.4. The van der Waals surface area contributed by atoms with Crippen LogP contribution in [-0.4, -0.2) is 66.6 Å². The van der Waals surface area contributed by atoms with Crippen LogP contribution in [0.2, 0.25) is 0 Å². The maximum absolute atomic E-state index is 6.12. The van der Waals surface area contributed by atoms with E-state index in [2.05, 4.69) is 67.6 Å². The standard InChI is InChI=1S/C22H32N10S2/c1-13-16(6-8-33-13)10-24-20-28-18(27-19(23)29-20)12-32(11-17-7-9-34-14(17)2)22-26-15(3)25-21(30-22)31(4)5/h6-9,15,18H,10-12H2,1-5H3,(H,25,26,30)(H4,23,24,27,28,29). The molecule has 0 spiro atoms. The Labute approximate surface area is 208 Å². The summed E-state index contributed by atoms with van der Waals surface area (Å²) in [5.41, 5.74) is 8.58. The molecule has 0 bridgehead atoms. The number of rotatable bonds is 6. The summed E-state index contributed by atoms with van der Waals surface area (Å²) in [6.45, 7) is 8.05. The lowest BCUT2D eigenvalue weighted by Crippen LogP contribution is -2.58. The third kappa shape index (κ3) is 5.86.